The first kappa shape index (κ1) is 44.5. The molecule has 13 rings (SSSR count). The molecule has 352 valence electrons. The highest BCUT2D eigenvalue weighted by Crippen LogP contribution is 2.42. The molecule has 3 N–H and O–H groups in total. The van der Waals surface area contributed by atoms with Gasteiger partial charge in [-0.3, -0.25) is 5.32 Å². The van der Waals surface area contributed by atoms with E-state index in [1.165, 1.54) is 60.5 Å². The summed E-state index contributed by atoms with van der Waals surface area (Å²) in [5.41, 5.74) is 17.1. The molecule has 0 amide bonds. The fourth-order valence-corrected chi connectivity index (χ4v) is 10.7. The van der Waals surface area contributed by atoms with Gasteiger partial charge in [0, 0.05) is 11.1 Å². The van der Waals surface area contributed by atoms with Crippen molar-refractivity contribution in [1.29, 1.82) is 0 Å². The molecule has 2 aliphatic rings. The maximum Gasteiger partial charge on any atom is 0.134 e. The molecule has 0 aromatic heterocycles. The van der Waals surface area contributed by atoms with Gasteiger partial charge in [0.15, 0.2) is 0 Å². The second kappa shape index (κ2) is 19.6. The lowest BCUT2D eigenvalue weighted by atomic mass is 9.88. The van der Waals surface area contributed by atoms with Crippen LogP contribution in [0.2, 0.25) is 0 Å². The van der Waals surface area contributed by atoms with Gasteiger partial charge in [-0.2, -0.15) is 0 Å². The first-order valence-corrected chi connectivity index (χ1v) is 25.4. The van der Waals surface area contributed by atoms with Crippen LogP contribution in [0.1, 0.15) is 51.8 Å². The largest absolute Gasteiger partial charge is 0.359 e. The van der Waals surface area contributed by atoms with Crippen LogP contribution >= 0.6 is 0 Å². The van der Waals surface area contributed by atoms with E-state index in [-0.39, 0.29) is 18.4 Å². The fourth-order valence-electron chi connectivity index (χ4n) is 10.7. The summed E-state index contributed by atoms with van der Waals surface area (Å²) in [6, 6.07) is 95.3. The zero-order valence-electron chi connectivity index (χ0n) is 40.6. The minimum absolute atomic E-state index is 0.0515. The van der Waals surface area contributed by atoms with Gasteiger partial charge < -0.3 is 10.6 Å². The standard InChI is InChI=1S/C69H51N5/c1-5-17-46(18-6-1)47-29-35-50(36-30-47)64-45-65(71-66(70-64)52-19-7-2-8-20-52)51-37-31-48(32-38-51)56-41-43-62(60-27-15-13-25-58(56)60)63-44-42-57(59-26-14-16-28-61(59)63)49-33-39-55(40-34-49)69-73-67(53-21-9-3-10-22-53)72-68(74-69)54-23-11-4-12-24-54/h1-45,64,67,69,73H,(H,70,71)(H,72,74). The van der Waals surface area contributed by atoms with E-state index in [0.717, 1.165) is 56.3 Å². The quantitative estimate of drug-likeness (QED) is 0.128. The van der Waals surface area contributed by atoms with Crippen LogP contribution in [0.3, 0.4) is 0 Å². The van der Waals surface area contributed by atoms with Gasteiger partial charge >= 0.3 is 0 Å². The Morgan fingerprint density at radius 3 is 1.24 bits per heavy atom. The van der Waals surface area contributed by atoms with Gasteiger partial charge in [0.05, 0.1) is 11.7 Å². The molecule has 3 atom stereocenters. The lowest BCUT2D eigenvalue weighted by molar-refractivity contribution is 0.409. The van der Waals surface area contributed by atoms with Crippen molar-refractivity contribution in [2.45, 2.75) is 18.4 Å². The number of nitrogens with zero attached hydrogens (tertiary/aromatic N) is 2. The predicted octanol–water partition coefficient (Wildman–Crippen LogP) is 16.1. The van der Waals surface area contributed by atoms with E-state index in [9.17, 15) is 0 Å². The second-order valence-corrected chi connectivity index (χ2v) is 19.0. The van der Waals surface area contributed by atoms with Gasteiger partial charge in [0.1, 0.15) is 24.0 Å². The molecule has 74 heavy (non-hydrogen) atoms. The Morgan fingerprint density at radius 2 is 0.689 bits per heavy atom. The topological polar surface area (TPSA) is 60.8 Å². The van der Waals surface area contributed by atoms with Crippen LogP contribution in [0.25, 0.3) is 71.7 Å². The highest BCUT2D eigenvalue weighted by molar-refractivity contribution is 6.12. The van der Waals surface area contributed by atoms with Crippen LogP contribution in [0, 0.1) is 0 Å². The second-order valence-electron chi connectivity index (χ2n) is 19.0. The number of hydrogen-bond donors (Lipinski definition) is 3. The molecule has 3 unspecified atom stereocenters. The normalized spacial score (nSPS) is 16.4. The van der Waals surface area contributed by atoms with E-state index in [1.807, 2.05) is 12.1 Å². The van der Waals surface area contributed by atoms with Crippen molar-refractivity contribution in [3.63, 3.8) is 0 Å². The number of rotatable bonds is 10. The minimum Gasteiger partial charge on any atom is -0.359 e. The molecule has 2 aliphatic heterocycles. The molecule has 0 aliphatic carbocycles. The number of nitrogens with one attached hydrogen (secondary N) is 3. The van der Waals surface area contributed by atoms with Crippen molar-refractivity contribution in [2.24, 2.45) is 9.98 Å². The molecule has 0 bridgehead atoms. The number of aliphatic imine (C=N–C) groups is 2. The summed E-state index contributed by atoms with van der Waals surface area (Å²) in [5.74, 6) is 1.74. The van der Waals surface area contributed by atoms with E-state index in [4.69, 9.17) is 9.98 Å². The van der Waals surface area contributed by atoms with E-state index in [2.05, 4.69) is 277 Å². The molecular weight excluding hydrogens is 899 g/mol. The first-order valence-electron chi connectivity index (χ1n) is 25.4. The lowest BCUT2D eigenvalue weighted by Gasteiger charge is -2.32. The van der Waals surface area contributed by atoms with Crippen molar-refractivity contribution in [1.82, 2.24) is 16.0 Å². The van der Waals surface area contributed by atoms with Crippen LogP contribution in [0.4, 0.5) is 0 Å². The average Bonchev–Trinajstić information content (AvgIpc) is 3.49. The minimum atomic E-state index is -0.226. The molecule has 5 heteroatoms. The van der Waals surface area contributed by atoms with Crippen LogP contribution in [-0.4, -0.2) is 11.7 Å². The van der Waals surface area contributed by atoms with Crippen molar-refractivity contribution in [3.8, 4) is 44.5 Å². The third-order valence-electron chi connectivity index (χ3n) is 14.5. The van der Waals surface area contributed by atoms with Crippen LogP contribution in [-0.2, 0) is 0 Å². The maximum absolute atomic E-state index is 5.22. The number of amidine groups is 2. The number of hydrogen-bond acceptors (Lipinski definition) is 5. The molecule has 0 spiro atoms. The maximum atomic E-state index is 5.22. The molecule has 0 saturated carbocycles. The Labute approximate surface area is 432 Å². The summed E-state index contributed by atoms with van der Waals surface area (Å²) >= 11 is 0. The molecule has 0 saturated heterocycles. The Kier molecular flexibility index (Phi) is 11.8. The molecule has 11 aromatic carbocycles. The zero-order chi connectivity index (χ0) is 49.2. The van der Waals surface area contributed by atoms with Crippen LogP contribution < -0.4 is 16.0 Å². The Hall–Kier alpha value is -9.42. The van der Waals surface area contributed by atoms with Crippen molar-refractivity contribution < 1.29 is 0 Å². The van der Waals surface area contributed by atoms with Gasteiger partial charge in [-0.15, -0.1) is 0 Å². The van der Waals surface area contributed by atoms with Gasteiger partial charge in [-0.1, -0.05) is 267 Å². The summed E-state index contributed by atoms with van der Waals surface area (Å²) in [6.45, 7) is 0. The molecule has 11 aromatic rings. The molecular formula is C69H51N5. The summed E-state index contributed by atoms with van der Waals surface area (Å²) in [7, 11) is 0. The van der Waals surface area contributed by atoms with Gasteiger partial charge in [0.2, 0.25) is 0 Å². The Morgan fingerprint density at radius 1 is 0.284 bits per heavy atom. The van der Waals surface area contributed by atoms with Crippen molar-refractivity contribution in [3.05, 3.63) is 306 Å². The molecule has 2 heterocycles. The molecule has 0 fully saturated rings. The van der Waals surface area contributed by atoms with E-state index in [0.29, 0.717) is 0 Å². The van der Waals surface area contributed by atoms with Crippen LogP contribution in [0.15, 0.2) is 283 Å². The number of fused-ring (bicyclic) bond motifs is 2. The van der Waals surface area contributed by atoms with Gasteiger partial charge in [-0.05, 0) is 94.4 Å². The first-order chi connectivity index (χ1) is 36.7. The van der Waals surface area contributed by atoms with Gasteiger partial charge in [-0.25, -0.2) is 9.98 Å². The van der Waals surface area contributed by atoms with Crippen molar-refractivity contribution >= 4 is 38.9 Å². The van der Waals surface area contributed by atoms with E-state index in [1.54, 1.807) is 0 Å². The van der Waals surface area contributed by atoms with E-state index >= 15 is 0 Å². The van der Waals surface area contributed by atoms with Crippen LogP contribution in [0.5, 0.6) is 0 Å². The zero-order valence-corrected chi connectivity index (χ0v) is 40.6. The Balaban J connectivity index is 0.802. The predicted molar refractivity (Wildman–Crippen MR) is 308 cm³/mol. The third-order valence-corrected chi connectivity index (χ3v) is 14.5. The lowest BCUT2D eigenvalue weighted by Crippen LogP contribution is -2.44. The highest BCUT2D eigenvalue weighted by atomic mass is 15.3. The monoisotopic (exact) mass is 949 g/mol. The summed E-state index contributed by atoms with van der Waals surface area (Å²) in [4.78, 5) is 10.4. The van der Waals surface area contributed by atoms with E-state index < -0.39 is 0 Å². The fraction of sp³-hybridized carbons (Fsp3) is 0.0435. The smallest absolute Gasteiger partial charge is 0.134 e. The third kappa shape index (κ3) is 8.76. The molecule has 5 nitrogen and oxygen atoms in total. The van der Waals surface area contributed by atoms with Gasteiger partial charge in [0.25, 0.3) is 0 Å². The SMILES string of the molecule is C1=C(c2ccc(-c3ccc(-c4ccc(-c5ccc(C6N=C(c7ccccc7)NC(c7ccccc7)N6)cc5)c5ccccc45)c4ccccc34)cc2)N=C(c2ccccc2)NC1c1ccc(-c2ccccc2)cc1. The summed E-state index contributed by atoms with van der Waals surface area (Å²) in [5, 5.41) is 16.0. The Bertz CT molecular complexity index is 3890. The summed E-state index contributed by atoms with van der Waals surface area (Å²) < 4.78 is 0. The molecule has 0 radical (unpaired) electrons. The average molecular weight is 950 g/mol. The number of benzene rings is 11. The highest BCUT2D eigenvalue weighted by Gasteiger charge is 2.26. The van der Waals surface area contributed by atoms with Crippen molar-refractivity contribution in [2.75, 3.05) is 0 Å². The summed E-state index contributed by atoms with van der Waals surface area (Å²) in [6.07, 6.45) is 1.93.